The van der Waals surface area contributed by atoms with Gasteiger partial charge in [0.25, 0.3) is 0 Å². The second-order valence-electron chi connectivity index (χ2n) is 2.22. The molecule has 2 nitrogen and oxygen atoms in total. The van der Waals surface area contributed by atoms with Crippen molar-refractivity contribution in [2.45, 2.75) is 6.42 Å². The minimum absolute atomic E-state index is 0.612. The van der Waals surface area contributed by atoms with E-state index in [1.54, 1.807) is 12.3 Å². The predicted octanol–water partition coefficient (Wildman–Crippen LogP) is 0.564. The van der Waals surface area contributed by atoms with Crippen molar-refractivity contribution in [3.63, 3.8) is 0 Å². The Kier molecular flexibility index (Phi) is 2.65. The zero-order chi connectivity index (χ0) is 8.10. The van der Waals surface area contributed by atoms with Crippen LogP contribution in [0.25, 0.3) is 0 Å². The maximum Gasteiger partial charge on any atom is 0.0428 e. The van der Waals surface area contributed by atoms with E-state index in [1.807, 2.05) is 6.07 Å². The number of nitrogens with two attached hydrogens (primary N) is 1. The van der Waals surface area contributed by atoms with Crippen molar-refractivity contribution in [1.82, 2.24) is 4.98 Å². The highest BCUT2D eigenvalue weighted by molar-refractivity contribution is 5.31. The minimum atomic E-state index is 0.612. The summed E-state index contributed by atoms with van der Waals surface area (Å²) in [5.74, 6) is 2.54. The summed E-state index contributed by atoms with van der Waals surface area (Å²) in [6, 6.07) is 3.69. The minimum Gasteiger partial charge on any atom is -0.330 e. The molecule has 0 bridgehead atoms. The summed E-state index contributed by atoms with van der Waals surface area (Å²) in [5, 5.41) is 0. The van der Waals surface area contributed by atoms with E-state index in [4.69, 9.17) is 12.2 Å². The molecule has 1 aromatic heterocycles. The lowest BCUT2D eigenvalue weighted by Crippen LogP contribution is -2.04. The molecule has 0 fully saturated rings. The Morgan fingerprint density at radius 1 is 1.64 bits per heavy atom. The molecular weight excluding hydrogens is 136 g/mol. The van der Waals surface area contributed by atoms with E-state index >= 15 is 0 Å². The van der Waals surface area contributed by atoms with Crippen LogP contribution in [0.2, 0.25) is 0 Å². The molecule has 1 rings (SSSR count). The molecule has 56 valence electrons. The van der Waals surface area contributed by atoms with Gasteiger partial charge in [0.05, 0.1) is 0 Å². The summed E-state index contributed by atoms with van der Waals surface area (Å²) < 4.78 is 0. The largest absolute Gasteiger partial charge is 0.330 e. The Bertz CT molecular complexity index is 273. The fourth-order valence-electron chi connectivity index (χ4n) is 0.853. The van der Waals surface area contributed by atoms with Gasteiger partial charge >= 0.3 is 0 Å². The van der Waals surface area contributed by atoms with Crippen molar-refractivity contribution in [2.75, 3.05) is 6.54 Å². The van der Waals surface area contributed by atoms with Gasteiger partial charge in [-0.15, -0.1) is 6.42 Å². The predicted molar refractivity (Wildman–Crippen MR) is 44.9 cm³/mol. The fourth-order valence-corrected chi connectivity index (χ4v) is 0.853. The molecule has 2 heteroatoms. The lowest BCUT2D eigenvalue weighted by molar-refractivity contribution is 0.922. The first-order valence-corrected chi connectivity index (χ1v) is 3.48. The van der Waals surface area contributed by atoms with Gasteiger partial charge in [0, 0.05) is 23.9 Å². The molecule has 0 saturated carbocycles. The summed E-state index contributed by atoms with van der Waals surface area (Å²) in [5.41, 5.74) is 7.19. The molecule has 0 atom stereocenters. The smallest absolute Gasteiger partial charge is 0.0428 e. The molecule has 1 heterocycles. The van der Waals surface area contributed by atoms with Gasteiger partial charge in [0.15, 0.2) is 0 Å². The van der Waals surface area contributed by atoms with Crippen LogP contribution in [-0.4, -0.2) is 11.5 Å². The summed E-state index contributed by atoms with van der Waals surface area (Å²) >= 11 is 0. The van der Waals surface area contributed by atoms with E-state index in [2.05, 4.69) is 10.9 Å². The lowest BCUT2D eigenvalue weighted by atomic mass is 10.2. The topological polar surface area (TPSA) is 38.9 Å². The molecule has 0 saturated heterocycles. The van der Waals surface area contributed by atoms with Crippen molar-refractivity contribution >= 4 is 0 Å². The van der Waals surface area contributed by atoms with Gasteiger partial charge in [0.1, 0.15) is 0 Å². The molecule has 2 N–H and O–H groups in total. The third-order valence-electron chi connectivity index (χ3n) is 1.38. The molecule has 0 aliphatic heterocycles. The second-order valence-corrected chi connectivity index (χ2v) is 2.22. The molecule has 0 spiro atoms. The zero-order valence-electron chi connectivity index (χ0n) is 6.25. The Morgan fingerprint density at radius 3 is 3.09 bits per heavy atom. The maximum absolute atomic E-state index is 5.36. The monoisotopic (exact) mass is 146 g/mol. The van der Waals surface area contributed by atoms with Crippen LogP contribution in [0.5, 0.6) is 0 Å². The maximum atomic E-state index is 5.36. The average molecular weight is 146 g/mol. The highest BCUT2D eigenvalue weighted by Gasteiger charge is 1.92. The van der Waals surface area contributed by atoms with E-state index in [0.29, 0.717) is 6.54 Å². The normalized spacial score (nSPS) is 9.09. The molecular formula is C9H10N2. The van der Waals surface area contributed by atoms with Crippen molar-refractivity contribution in [3.05, 3.63) is 29.6 Å². The van der Waals surface area contributed by atoms with Crippen molar-refractivity contribution in [1.29, 1.82) is 0 Å². The van der Waals surface area contributed by atoms with Crippen LogP contribution < -0.4 is 5.73 Å². The third kappa shape index (κ3) is 2.06. The van der Waals surface area contributed by atoms with Crippen LogP contribution in [0.15, 0.2) is 18.3 Å². The van der Waals surface area contributed by atoms with E-state index < -0.39 is 0 Å². The number of aromatic nitrogens is 1. The first-order valence-electron chi connectivity index (χ1n) is 3.48. The quantitative estimate of drug-likeness (QED) is 0.619. The average Bonchev–Trinajstić information content (AvgIpc) is 2.06. The van der Waals surface area contributed by atoms with Gasteiger partial charge in [-0.05, 0) is 18.7 Å². The molecule has 11 heavy (non-hydrogen) atoms. The molecule has 0 unspecified atom stereocenters. The molecule has 0 aliphatic rings. The summed E-state index contributed by atoms with van der Waals surface area (Å²) in [6.45, 7) is 0.612. The van der Waals surface area contributed by atoms with E-state index in [0.717, 1.165) is 17.7 Å². The van der Waals surface area contributed by atoms with Crippen LogP contribution in [0, 0.1) is 12.3 Å². The summed E-state index contributed by atoms with van der Waals surface area (Å²) in [6.07, 6.45) is 7.70. The van der Waals surface area contributed by atoms with Gasteiger partial charge < -0.3 is 5.73 Å². The van der Waals surface area contributed by atoms with E-state index in [1.165, 1.54) is 0 Å². The van der Waals surface area contributed by atoms with Crippen molar-refractivity contribution in [2.24, 2.45) is 5.73 Å². The van der Waals surface area contributed by atoms with Crippen molar-refractivity contribution < 1.29 is 0 Å². The Hall–Kier alpha value is -1.33. The Morgan fingerprint density at radius 2 is 2.45 bits per heavy atom. The third-order valence-corrected chi connectivity index (χ3v) is 1.38. The molecule has 1 aromatic rings. The number of rotatable bonds is 2. The Balaban J connectivity index is 2.85. The van der Waals surface area contributed by atoms with Crippen LogP contribution in [0.4, 0.5) is 0 Å². The summed E-state index contributed by atoms with van der Waals surface area (Å²) in [7, 11) is 0. The molecule has 0 aliphatic carbocycles. The highest BCUT2D eigenvalue weighted by Crippen LogP contribution is 1.99. The number of hydrogen-bond donors (Lipinski definition) is 1. The zero-order valence-corrected chi connectivity index (χ0v) is 6.25. The van der Waals surface area contributed by atoms with Crippen LogP contribution in [0.1, 0.15) is 11.3 Å². The molecule has 0 aromatic carbocycles. The van der Waals surface area contributed by atoms with Crippen LogP contribution in [-0.2, 0) is 6.42 Å². The number of hydrogen-bond acceptors (Lipinski definition) is 2. The van der Waals surface area contributed by atoms with Gasteiger partial charge in [-0.2, -0.15) is 0 Å². The van der Waals surface area contributed by atoms with Crippen LogP contribution in [0.3, 0.4) is 0 Å². The first-order chi connectivity index (χ1) is 5.36. The Labute approximate surface area is 66.4 Å². The lowest BCUT2D eigenvalue weighted by Gasteiger charge is -1.96. The number of nitrogens with zero attached hydrogens (tertiary/aromatic N) is 1. The summed E-state index contributed by atoms with van der Waals surface area (Å²) in [4.78, 5) is 4.10. The fraction of sp³-hybridized carbons (Fsp3) is 0.222. The highest BCUT2D eigenvalue weighted by atomic mass is 14.7. The number of terminal acetylenes is 1. The van der Waals surface area contributed by atoms with Gasteiger partial charge in [-0.1, -0.05) is 5.92 Å². The van der Waals surface area contributed by atoms with Gasteiger partial charge in [-0.25, -0.2) is 0 Å². The van der Waals surface area contributed by atoms with Crippen molar-refractivity contribution in [3.8, 4) is 12.3 Å². The molecule has 0 amide bonds. The first kappa shape index (κ1) is 7.77. The van der Waals surface area contributed by atoms with E-state index in [-0.39, 0.29) is 0 Å². The van der Waals surface area contributed by atoms with E-state index in [9.17, 15) is 0 Å². The van der Waals surface area contributed by atoms with Gasteiger partial charge in [0.2, 0.25) is 0 Å². The second kappa shape index (κ2) is 3.75. The standard InChI is InChI=1S/C9H10N2/c1-2-8-4-6-11-9(7-8)3-5-10/h1,4,6-7H,3,5,10H2. The van der Waals surface area contributed by atoms with Crippen LogP contribution >= 0.6 is 0 Å². The SMILES string of the molecule is C#Cc1ccnc(CCN)c1. The molecule has 0 radical (unpaired) electrons. The van der Waals surface area contributed by atoms with Gasteiger partial charge in [-0.3, -0.25) is 4.98 Å². The number of pyridine rings is 1.